The van der Waals surface area contributed by atoms with Gasteiger partial charge in [-0.25, -0.2) is 5.43 Å². The van der Waals surface area contributed by atoms with Crippen LogP contribution in [0.5, 0.6) is 0 Å². The topological polar surface area (TPSA) is 94.9 Å². The zero-order chi connectivity index (χ0) is 19.9. The zero-order valence-electron chi connectivity index (χ0n) is 15.9. The van der Waals surface area contributed by atoms with Gasteiger partial charge in [-0.05, 0) is 25.0 Å². The van der Waals surface area contributed by atoms with E-state index in [0.29, 0.717) is 18.0 Å². The van der Waals surface area contributed by atoms with Crippen LogP contribution in [0.2, 0.25) is 0 Å². The van der Waals surface area contributed by atoms with E-state index in [2.05, 4.69) is 26.4 Å². The molecule has 0 bridgehead atoms. The summed E-state index contributed by atoms with van der Waals surface area (Å²) in [6, 6.07) is 16.9. The lowest BCUT2D eigenvalue weighted by atomic mass is 10.1. The summed E-state index contributed by atoms with van der Waals surface area (Å²) in [5, 5.41) is 4.12. The number of amidine groups is 1. The lowest BCUT2D eigenvalue weighted by molar-refractivity contribution is -0.128. The van der Waals surface area contributed by atoms with Crippen LogP contribution < -0.4 is 16.3 Å². The average molecular weight is 377 g/mol. The summed E-state index contributed by atoms with van der Waals surface area (Å²) in [6.07, 6.45) is 0.473. The van der Waals surface area contributed by atoms with Crippen LogP contribution in [0.4, 0.5) is 0 Å². The second-order valence-corrected chi connectivity index (χ2v) is 6.67. The van der Waals surface area contributed by atoms with Crippen LogP contribution in [0.25, 0.3) is 0 Å². The highest BCUT2D eigenvalue weighted by atomic mass is 16.2. The van der Waals surface area contributed by atoms with Crippen LogP contribution in [0.3, 0.4) is 0 Å². The molecule has 144 valence electrons. The first-order valence-electron chi connectivity index (χ1n) is 9.08. The second kappa shape index (κ2) is 8.94. The van der Waals surface area contributed by atoms with Crippen LogP contribution in [0.1, 0.15) is 30.0 Å². The first-order valence-corrected chi connectivity index (χ1v) is 9.08. The van der Waals surface area contributed by atoms with E-state index in [1.54, 1.807) is 0 Å². The van der Waals surface area contributed by atoms with Crippen molar-refractivity contribution < 1.29 is 9.59 Å². The number of nitrogens with zero attached hydrogens (tertiary/aromatic N) is 2. The van der Waals surface area contributed by atoms with Gasteiger partial charge in [-0.2, -0.15) is 5.10 Å². The van der Waals surface area contributed by atoms with E-state index >= 15 is 0 Å². The Balaban J connectivity index is 1.60. The Bertz CT molecular complexity index is 904. The second-order valence-electron chi connectivity index (χ2n) is 6.67. The van der Waals surface area contributed by atoms with Gasteiger partial charge in [-0.15, -0.1) is 0 Å². The molecule has 2 amide bonds. The molecule has 0 radical (unpaired) electrons. The number of aryl methyl sites for hydroxylation is 1. The van der Waals surface area contributed by atoms with Crippen LogP contribution in [0.15, 0.2) is 64.7 Å². The van der Waals surface area contributed by atoms with E-state index in [0.717, 1.165) is 16.7 Å². The fourth-order valence-electron chi connectivity index (χ4n) is 2.74. The summed E-state index contributed by atoms with van der Waals surface area (Å²) < 4.78 is 0. The Morgan fingerprint density at radius 1 is 1.11 bits per heavy atom. The number of hydrogen-bond donors (Lipinski definition) is 3. The van der Waals surface area contributed by atoms with Gasteiger partial charge in [-0.1, -0.05) is 60.2 Å². The highest BCUT2D eigenvalue weighted by Crippen LogP contribution is 2.07. The van der Waals surface area contributed by atoms with Gasteiger partial charge in [-0.3, -0.25) is 25.4 Å². The van der Waals surface area contributed by atoms with Crippen LogP contribution in [0, 0.1) is 6.92 Å². The summed E-state index contributed by atoms with van der Waals surface area (Å²) in [4.78, 5) is 28.6. The van der Waals surface area contributed by atoms with Crippen molar-refractivity contribution in [1.29, 1.82) is 0 Å². The number of nitrogens with one attached hydrogen (secondary N) is 3. The standard InChI is InChI=1S/C21H23N5O2/c1-14-8-10-17(11-9-14)15(2)23-25-20(27)13-18-21(28)26-24-19(22-18)12-16-6-4-3-5-7-16/h3-11,18H,12-13H2,1-2H3,(H,22,24)(H,25,27)(H,26,28)/b23-15-/t18-/m1/s1. The van der Waals surface area contributed by atoms with E-state index in [-0.39, 0.29) is 18.2 Å². The van der Waals surface area contributed by atoms with Crippen molar-refractivity contribution in [2.45, 2.75) is 32.7 Å². The minimum absolute atomic E-state index is 0.0729. The minimum Gasteiger partial charge on any atom is -0.285 e. The Hall–Kier alpha value is -3.48. The molecule has 0 aliphatic carbocycles. The lowest BCUT2D eigenvalue weighted by Gasteiger charge is -2.21. The van der Waals surface area contributed by atoms with Gasteiger partial charge in [0.25, 0.3) is 5.91 Å². The summed E-state index contributed by atoms with van der Waals surface area (Å²) >= 11 is 0. The number of amides is 2. The summed E-state index contributed by atoms with van der Waals surface area (Å²) in [5.41, 5.74) is 11.7. The van der Waals surface area contributed by atoms with Crippen molar-refractivity contribution in [3.05, 3.63) is 71.3 Å². The number of aliphatic imine (C=N–C) groups is 1. The molecule has 28 heavy (non-hydrogen) atoms. The lowest BCUT2D eigenvalue weighted by Crippen LogP contribution is -2.52. The number of carbonyl (C=O) groups is 2. The molecule has 1 aliphatic heterocycles. The third kappa shape index (κ3) is 5.26. The van der Waals surface area contributed by atoms with E-state index in [1.807, 2.05) is 68.4 Å². The minimum atomic E-state index is -0.783. The quantitative estimate of drug-likeness (QED) is 0.530. The van der Waals surface area contributed by atoms with Crippen molar-refractivity contribution in [1.82, 2.24) is 16.3 Å². The van der Waals surface area contributed by atoms with Crippen LogP contribution in [-0.2, 0) is 16.0 Å². The van der Waals surface area contributed by atoms with Gasteiger partial charge in [0.2, 0.25) is 5.91 Å². The van der Waals surface area contributed by atoms with Crippen LogP contribution in [-0.4, -0.2) is 29.4 Å². The molecule has 2 aromatic rings. The average Bonchev–Trinajstić information content (AvgIpc) is 2.70. The number of hydrazone groups is 1. The highest BCUT2D eigenvalue weighted by Gasteiger charge is 2.25. The molecule has 0 saturated carbocycles. The van der Waals surface area contributed by atoms with Crippen molar-refractivity contribution in [2.75, 3.05) is 0 Å². The fourth-order valence-corrected chi connectivity index (χ4v) is 2.74. The maximum absolute atomic E-state index is 12.2. The Morgan fingerprint density at radius 3 is 2.54 bits per heavy atom. The number of benzene rings is 2. The Morgan fingerprint density at radius 2 is 1.82 bits per heavy atom. The molecule has 1 aliphatic rings. The normalized spacial score (nSPS) is 16.6. The number of carbonyl (C=O) groups excluding carboxylic acids is 2. The predicted molar refractivity (Wildman–Crippen MR) is 109 cm³/mol. The number of hydrogen-bond acceptors (Lipinski definition) is 5. The molecule has 2 aromatic carbocycles. The Labute approximate surface area is 163 Å². The van der Waals surface area contributed by atoms with Gasteiger partial charge in [0.05, 0.1) is 12.1 Å². The highest BCUT2D eigenvalue weighted by molar-refractivity contribution is 6.00. The molecule has 0 unspecified atom stereocenters. The SMILES string of the molecule is C/C(=N/NC(=O)C[C@H]1N=C(Cc2ccccc2)NNC1=O)c1ccc(C)cc1. The predicted octanol–water partition coefficient (Wildman–Crippen LogP) is 1.87. The maximum Gasteiger partial charge on any atom is 0.263 e. The molecule has 0 spiro atoms. The molecule has 1 atom stereocenters. The van der Waals surface area contributed by atoms with Crippen LogP contribution >= 0.6 is 0 Å². The van der Waals surface area contributed by atoms with E-state index in [4.69, 9.17) is 0 Å². The van der Waals surface area contributed by atoms with Gasteiger partial charge in [0.1, 0.15) is 11.9 Å². The monoisotopic (exact) mass is 377 g/mol. The van der Waals surface area contributed by atoms with Crippen molar-refractivity contribution >= 4 is 23.4 Å². The first-order chi connectivity index (χ1) is 13.5. The third-order valence-electron chi connectivity index (χ3n) is 4.36. The Kier molecular flexibility index (Phi) is 6.16. The zero-order valence-corrected chi connectivity index (χ0v) is 15.9. The molecule has 0 fully saturated rings. The van der Waals surface area contributed by atoms with Gasteiger partial charge >= 0.3 is 0 Å². The van der Waals surface area contributed by atoms with E-state index < -0.39 is 6.04 Å². The third-order valence-corrected chi connectivity index (χ3v) is 4.36. The molecular formula is C21H23N5O2. The summed E-state index contributed by atoms with van der Waals surface area (Å²) in [5.74, 6) is -0.0922. The number of rotatable bonds is 6. The summed E-state index contributed by atoms with van der Waals surface area (Å²) in [7, 11) is 0. The van der Waals surface area contributed by atoms with Gasteiger partial charge in [0, 0.05) is 6.42 Å². The molecule has 0 aromatic heterocycles. The molecule has 3 rings (SSSR count). The maximum atomic E-state index is 12.2. The number of hydrazine groups is 1. The molecule has 1 heterocycles. The van der Waals surface area contributed by atoms with E-state index in [9.17, 15) is 9.59 Å². The molecule has 7 nitrogen and oxygen atoms in total. The smallest absolute Gasteiger partial charge is 0.263 e. The van der Waals surface area contributed by atoms with E-state index in [1.165, 1.54) is 0 Å². The molecular weight excluding hydrogens is 354 g/mol. The fraction of sp³-hybridized carbons (Fsp3) is 0.238. The molecule has 3 N–H and O–H groups in total. The summed E-state index contributed by atoms with van der Waals surface area (Å²) in [6.45, 7) is 3.83. The van der Waals surface area contributed by atoms with Crippen molar-refractivity contribution in [3.63, 3.8) is 0 Å². The molecule has 0 saturated heterocycles. The first kappa shape index (κ1) is 19.3. The molecule has 7 heteroatoms. The largest absolute Gasteiger partial charge is 0.285 e. The van der Waals surface area contributed by atoms with Crippen molar-refractivity contribution in [2.24, 2.45) is 10.1 Å². The van der Waals surface area contributed by atoms with Gasteiger partial charge < -0.3 is 0 Å². The van der Waals surface area contributed by atoms with Gasteiger partial charge in [0.15, 0.2) is 0 Å². The van der Waals surface area contributed by atoms with Crippen molar-refractivity contribution in [3.8, 4) is 0 Å².